The van der Waals surface area contributed by atoms with Gasteiger partial charge in [0.25, 0.3) is 0 Å². The van der Waals surface area contributed by atoms with Gasteiger partial charge in [0, 0.05) is 18.7 Å². The minimum absolute atomic E-state index is 0.0741. The van der Waals surface area contributed by atoms with Gasteiger partial charge in [-0.15, -0.1) is 10.2 Å². The van der Waals surface area contributed by atoms with Gasteiger partial charge in [0.05, 0.1) is 0 Å². The number of hydrogen-bond donors (Lipinski definition) is 1. The summed E-state index contributed by atoms with van der Waals surface area (Å²) in [7, 11) is 0. The van der Waals surface area contributed by atoms with E-state index in [4.69, 9.17) is 0 Å². The lowest BCUT2D eigenvalue weighted by Crippen LogP contribution is -2.39. The lowest BCUT2D eigenvalue weighted by atomic mass is 9.96. The van der Waals surface area contributed by atoms with Crippen LogP contribution in [0.1, 0.15) is 29.5 Å². The molecule has 2 aromatic carbocycles. The summed E-state index contributed by atoms with van der Waals surface area (Å²) in [4.78, 5) is 16.2. The number of likely N-dealkylation sites (tertiary alicyclic amines) is 1. The van der Waals surface area contributed by atoms with Crippen LogP contribution in [0, 0.1) is 19.8 Å². The van der Waals surface area contributed by atoms with E-state index in [2.05, 4.69) is 56.8 Å². The van der Waals surface area contributed by atoms with Gasteiger partial charge in [0.15, 0.2) is 0 Å². The number of carbonyl (C=O) groups excluding carboxylic acids is 1. The van der Waals surface area contributed by atoms with E-state index in [1.54, 1.807) is 0 Å². The van der Waals surface area contributed by atoms with E-state index >= 15 is 0 Å². The third kappa shape index (κ3) is 5.98. The maximum Gasteiger partial charge on any atom is 0.243 e. The van der Waals surface area contributed by atoms with Crippen LogP contribution >= 0.6 is 0 Å². The van der Waals surface area contributed by atoms with E-state index < -0.39 is 0 Å². The van der Waals surface area contributed by atoms with Crippen molar-refractivity contribution >= 4 is 5.91 Å². The summed E-state index contributed by atoms with van der Waals surface area (Å²) in [6, 6.07) is 16.7. The molecule has 1 N–H and O–H groups in total. The monoisotopic (exact) mass is 418 g/mol. The Morgan fingerprint density at radius 3 is 2.32 bits per heavy atom. The predicted octanol–water partition coefficient (Wildman–Crippen LogP) is 2.99. The van der Waals surface area contributed by atoms with Gasteiger partial charge in [-0.3, -0.25) is 9.69 Å². The number of nitrogens with one attached hydrogen (secondary N) is 1. The summed E-state index contributed by atoms with van der Waals surface area (Å²) in [6.07, 6.45) is 2.20. The molecule has 2 heterocycles. The quantitative estimate of drug-likeness (QED) is 0.638. The molecule has 7 heteroatoms. The topological polar surface area (TPSA) is 75.9 Å². The Kier molecular flexibility index (Phi) is 6.72. The smallest absolute Gasteiger partial charge is 0.243 e. The highest BCUT2D eigenvalue weighted by molar-refractivity contribution is 5.75. The maximum atomic E-state index is 12.3. The number of aromatic nitrogens is 4. The summed E-state index contributed by atoms with van der Waals surface area (Å²) in [5.41, 5.74) is 4.74. The maximum absolute atomic E-state index is 12.3. The highest BCUT2D eigenvalue weighted by atomic mass is 16.2. The van der Waals surface area contributed by atoms with Crippen LogP contribution in [-0.2, 0) is 17.9 Å². The normalized spacial score (nSPS) is 15.2. The predicted molar refractivity (Wildman–Crippen MR) is 120 cm³/mol. The fourth-order valence-corrected chi connectivity index (χ4v) is 3.87. The van der Waals surface area contributed by atoms with Crippen molar-refractivity contribution < 1.29 is 4.79 Å². The summed E-state index contributed by atoms with van der Waals surface area (Å²) in [6.45, 7) is 8.08. The summed E-state index contributed by atoms with van der Waals surface area (Å²) < 4.78 is 0. The molecular weight excluding hydrogens is 388 g/mol. The van der Waals surface area contributed by atoms with Crippen molar-refractivity contribution in [2.45, 2.75) is 39.8 Å². The van der Waals surface area contributed by atoms with Crippen molar-refractivity contribution in [2.75, 3.05) is 19.6 Å². The SMILES string of the molecule is Cc1ccc(CN2CCC(CNC(=O)Cn3nnc(-c4ccc(C)cc4)n3)CC2)cc1. The molecule has 3 aromatic rings. The van der Waals surface area contributed by atoms with Gasteiger partial charge in [-0.1, -0.05) is 59.7 Å². The Hall–Kier alpha value is -3.06. The molecule has 1 aliphatic rings. The van der Waals surface area contributed by atoms with E-state index in [1.165, 1.54) is 21.5 Å². The van der Waals surface area contributed by atoms with Gasteiger partial charge in [-0.2, -0.15) is 4.80 Å². The molecule has 0 radical (unpaired) electrons. The zero-order valence-corrected chi connectivity index (χ0v) is 18.3. The van der Waals surface area contributed by atoms with Gasteiger partial charge in [-0.25, -0.2) is 0 Å². The van der Waals surface area contributed by atoms with Crippen molar-refractivity contribution in [1.82, 2.24) is 30.4 Å². The molecule has 0 bridgehead atoms. The molecule has 1 fully saturated rings. The van der Waals surface area contributed by atoms with E-state index in [-0.39, 0.29) is 12.5 Å². The van der Waals surface area contributed by atoms with Crippen LogP contribution in [0.3, 0.4) is 0 Å². The average Bonchev–Trinajstić information content (AvgIpc) is 3.24. The van der Waals surface area contributed by atoms with Crippen molar-refractivity contribution in [3.63, 3.8) is 0 Å². The number of nitrogens with zero attached hydrogens (tertiary/aromatic N) is 5. The minimum Gasteiger partial charge on any atom is -0.354 e. The minimum atomic E-state index is -0.0741. The molecule has 1 saturated heterocycles. The van der Waals surface area contributed by atoms with Crippen LogP contribution in [0.25, 0.3) is 11.4 Å². The molecule has 7 nitrogen and oxygen atoms in total. The first kappa shape index (κ1) is 21.2. The molecular formula is C24H30N6O. The molecule has 31 heavy (non-hydrogen) atoms. The van der Waals surface area contributed by atoms with Crippen LogP contribution < -0.4 is 5.32 Å². The highest BCUT2D eigenvalue weighted by Crippen LogP contribution is 2.19. The second-order valence-corrected chi connectivity index (χ2v) is 8.52. The standard InChI is InChI=1S/C24H30N6O/c1-18-3-7-21(8-4-18)16-29-13-11-20(12-14-29)15-25-23(31)17-30-27-24(26-28-30)22-9-5-19(2)6-10-22/h3-10,20H,11-17H2,1-2H3,(H,25,31). The van der Waals surface area contributed by atoms with Gasteiger partial charge in [0.2, 0.25) is 11.7 Å². The molecule has 0 spiro atoms. The number of carbonyl (C=O) groups is 1. The number of tetrazole rings is 1. The zero-order chi connectivity index (χ0) is 21.6. The summed E-state index contributed by atoms with van der Waals surface area (Å²) in [5, 5.41) is 15.4. The molecule has 1 aromatic heterocycles. The van der Waals surface area contributed by atoms with Gasteiger partial charge in [-0.05, 0) is 56.5 Å². The van der Waals surface area contributed by atoms with Crippen LogP contribution in [-0.4, -0.2) is 50.6 Å². The van der Waals surface area contributed by atoms with Crippen molar-refractivity contribution in [2.24, 2.45) is 5.92 Å². The van der Waals surface area contributed by atoms with E-state index in [1.807, 2.05) is 31.2 Å². The zero-order valence-electron chi connectivity index (χ0n) is 18.3. The molecule has 1 aliphatic heterocycles. The third-order valence-corrected chi connectivity index (χ3v) is 5.87. The average molecular weight is 419 g/mol. The van der Waals surface area contributed by atoms with E-state index in [0.717, 1.165) is 38.0 Å². The first-order valence-electron chi connectivity index (χ1n) is 10.9. The largest absolute Gasteiger partial charge is 0.354 e. The van der Waals surface area contributed by atoms with Crippen molar-refractivity contribution in [3.05, 3.63) is 65.2 Å². The second-order valence-electron chi connectivity index (χ2n) is 8.52. The van der Waals surface area contributed by atoms with Gasteiger partial charge < -0.3 is 5.32 Å². The van der Waals surface area contributed by atoms with Crippen LogP contribution in [0.2, 0.25) is 0 Å². The van der Waals surface area contributed by atoms with E-state index in [9.17, 15) is 4.79 Å². The number of hydrogen-bond acceptors (Lipinski definition) is 5. The number of amides is 1. The Morgan fingerprint density at radius 1 is 1.00 bits per heavy atom. The molecule has 0 aliphatic carbocycles. The third-order valence-electron chi connectivity index (χ3n) is 5.87. The Morgan fingerprint density at radius 2 is 1.65 bits per heavy atom. The van der Waals surface area contributed by atoms with Crippen LogP contribution in [0.5, 0.6) is 0 Å². The number of piperidine rings is 1. The van der Waals surface area contributed by atoms with Crippen molar-refractivity contribution in [1.29, 1.82) is 0 Å². The number of aryl methyl sites for hydroxylation is 2. The molecule has 1 amide bonds. The molecule has 0 unspecified atom stereocenters. The number of rotatable bonds is 7. The van der Waals surface area contributed by atoms with Gasteiger partial charge >= 0.3 is 0 Å². The highest BCUT2D eigenvalue weighted by Gasteiger charge is 2.20. The van der Waals surface area contributed by atoms with Crippen LogP contribution in [0.4, 0.5) is 0 Å². The first-order chi connectivity index (χ1) is 15.0. The molecule has 4 rings (SSSR count). The lowest BCUT2D eigenvalue weighted by molar-refractivity contribution is -0.122. The van der Waals surface area contributed by atoms with E-state index in [0.29, 0.717) is 18.3 Å². The van der Waals surface area contributed by atoms with Gasteiger partial charge in [0.1, 0.15) is 6.54 Å². The van der Waals surface area contributed by atoms with Crippen molar-refractivity contribution in [3.8, 4) is 11.4 Å². The summed E-state index contributed by atoms with van der Waals surface area (Å²) >= 11 is 0. The Balaban J connectivity index is 1.18. The molecule has 0 atom stereocenters. The fourth-order valence-electron chi connectivity index (χ4n) is 3.87. The Bertz CT molecular complexity index is 988. The molecule has 0 saturated carbocycles. The number of benzene rings is 2. The lowest BCUT2D eigenvalue weighted by Gasteiger charge is -2.32. The second kappa shape index (κ2) is 9.83. The Labute approximate surface area is 183 Å². The summed E-state index contributed by atoms with van der Waals surface area (Å²) in [5.74, 6) is 0.980. The molecule has 162 valence electrons. The van der Waals surface area contributed by atoms with Crippen LogP contribution in [0.15, 0.2) is 48.5 Å². The fraction of sp³-hybridized carbons (Fsp3) is 0.417. The first-order valence-corrected chi connectivity index (χ1v) is 10.9.